The Morgan fingerprint density at radius 1 is 1.36 bits per heavy atom. The zero-order valence-electron chi connectivity index (χ0n) is 8.69. The van der Waals surface area contributed by atoms with Gasteiger partial charge in [-0.15, -0.1) is 0 Å². The summed E-state index contributed by atoms with van der Waals surface area (Å²) < 4.78 is 4.62. The Hall–Kier alpha value is -1.31. The van der Waals surface area contributed by atoms with Crippen LogP contribution in [0.5, 0.6) is 0 Å². The van der Waals surface area contributed by atoms with Crippen LogP contribution in [-0.2, 0) is 16.0 Å². The normalized spacial score (nSPS) is 12.1. The third kappa shape index (κ3) is 3.60. The standard InChI is InChI=1S/C12H16O2/c1-10(9-12(13)14-2)8-11-6-4-3-5-7-11/h3-7,10H,8-9H2,1-2H3/t10-/m0/s1. The molecule has 0 spiro atoms. The maximum Gasteiger partial charge on any atom is 0.305 e. The molecule has 76 valence electrons. The van der Waals surface area contributed by atoms with Crippen molar-refractivity contribution in [2.45, 2.75) is 19.8 Å². The van der Waals surface area contributed by atoms with E-state index >= 15 is 0 Å². The van der Waals surface area contributed by atoms with E-state index in [1.807, 2.05) is 18.2 Å². The molecule has 2 heteroatoms. The molecule has 2 nitrogen and oxygen atoms in total. The Morgan fingerprint density at radius 3 is 2.57 bits per heavy atom. The molecule has 1 rings (SSSR count). The maximum absolute atomic E-state index is 11.0. The van der Waals surface area contributed by atoms with Crippen molar-refractivity contribution in [1.82, 2.24) is 0 Å². The molecule has 1 atom stereocenters. The molecule has 0 saturated heterocycles. The highest BCUT2D eigenvalue weighted by Crippen LogP contribution is 2.11. The molecule has 0 N–H and O–H groups in total. The van der Waals surface area contributed by atoms with E-state index in [2.05, 4.69) is 23.8 Å². The SMILES string of the molecule is COC(=O)C[C@@H](C)Cc1ccccc1. The van der Waals surface area contributed by atoms with Crippen molar-refractivity contribution in [3.8, 4) is 0 Å². The van der Waals surface area contributed by atoms with Crippen LogP contribution in [0.3, 0.4) is 0 Å². The number of rotatable bonds is 4. The van der Waals surface area contributed by atoms with Crippen molar-refractivity contribution in [3.05, 3.63) is 35.9 Å². The van der Waals surface area contributed by atoms with E-state index in [9.17, 15) is 4.79 Å². The van der Waals surface area contributed by atoms with Gasteiger partial charge in [-0.3, -0.25) is 4.79 Å². The number of hydrogen-bond acceptors (Lipinski definition) is 2. The molecule has 0 aliphatic rings. The van der Waals surface area contributed by atoms with E-state index in [0.29, 0.717) is 12.3 Å². The van der Waals surface area contributed by atoms with Gasteiger partial charge in [0.05, 0.1) is 7.11 Å². The van der Waals surface area contributed by atoms with Gasteiger partial charge in [-0.1, -0.05) is 37.3 Å². The van der Waals surface area contributed by atoms with Crippen molar-refractivity contribution in [2.75, 3.05) is 7.11 Å². The zero-order valence-corrected chi connectivity index (χ0v) is 8.69. The average molecular weight is 192 g/mol. The molecule has 0 aliphatic carbocycles. The smallest absolute Gasteiger partial charge is 0.305 e. The minimum atomic E-state index is -0.131. The van der Waals surface area contributed by atoms with Crippen LogP contribution in [0.2, 0.25) is 0 Å². The molecular formula is C12H16O2. The second kappa shape index (κ2) is 5.43. The fraction of sp³-hybridized carbons (Fsp3) is 0.417. The number of hydrogen-bond donors (Lipinski definition) is 0. The quantitative estimate of drug-likeness (QED) is 0.685. The summed E-state index contributed by atoms with van der Waals surface area (Å²) in [6.45, 7) is 2.06. The summed E-state index contributed by atoms with van der Waals surface area (Å²) in [7, 11) is 1.43. The highest BCUT2D eigenvalue weighted by atomic mass is 16.5. The van der Waals surface area contributed by atoms with Gasteiger partial charge in [-0.2, -0.15) is 0 Å². The van der Waals surface area contributed by atoms with Gasteiger partial charge in [0.2, 0.25) is 0 Å². The predicted octanol–water partition coefficient (Wildman–Crippen LogP) is 2.43. The first-order valence-corrected chi connectivity index (χ1v) is 4.83. The second-order valence-corrected chi connectivity index (χ2v) is 3.58. The molecule has 14 heavy (non-hydrogen) atoms. The van der Waals surface area contributed by atoms with Crippen molar-refractivity contribution < 1.29 is 9.53 Å². The number of ether oxygens (including phenoxy) is 1. The Bertz CT molecular complexity index is 280. The van der Waals surface area contributed by atoms with Crippen molar-refractivity contribution in [1.29, 1.82) is 0 Å². The Labute approximate surface area is 84.9 Å². The van der Waals surface area contributed by atoms with E-state index in [0.717, 1.165) is 6.42 Å². The average Bonchev–Trinajstić information content (AvgIpc) is 2.19. The second-order valence-electron chi connectivity index (χ2n) is 3.58. The molecular weight excluding hydrogens is 176 g/mol. The van der Waals surface area contributed by atoms with Crippen LogP contribution in [0.25, 0.3) is 0 Å². The molecule has 0 saturated carbocycles. The van der Waals surface area contributed by atoms with Gasteiger partial charge in [-0.05, 0) is 17.9 Å². The lowest BCUT2D eigenvalue weighted by Crippen LogP contribution is -2.09. The van der Waals surface area contributed by atoms with Crippen LogP contribution in [0, 0.1) is 5.92 Å². The first-order chi connectivity index (χ1) is 6.72. The molecule has 0 aliphatic heterocycles. The Kier molecular flexibility index (Phi) is 4.17. The van der Waals surface area contributed by atoms with Gasteiger partial charge in [-0.25, -0.2) is 0 Å². The fourth-order valence-corrected chi connectivity index (χ4v) is 1.46. The lowest BCUT2D eigenvalue weighted by molar-refractivity contribution is -0.141. The summed E-state index contributed by atoms with van der Waals surface area (Å²) in [5, 5.41) is 0. The molecule has 0 heterocycles. The highest BCUT2D eigenvalue weighted by Gasteiger charge is 2.09. The molecule has 0 bridgehead atoms. The van der Waals surface area contributed by atoms with Crippen LogP contribution in [0.1, 0.15) is 18.9 Å². The zero-order chi connectivity index (χ0) is 10.4. The maximum atomic E-state index is 11.0. The van der Waals surface area contributed by atoms with Crippen LogP contribution in [-0.4, -0.2) is 13.1 Å². The van der Waals surface area contributed by atoms with E-state index in [4.69, 9.17) is 0 Å². The van der Waals surface area contributed by atoms with E-state index in [-0.39, 0.29) is 5.97 Å². The molecule has 0 aromatic heterocycles. The van der Waals surface area contributed by atoms with Crippen molar-refractivity contribution in [3.63, 3.8) is 0 Å². The van der Waals surface area contributed by atoms with E-state index in [1.54, 1.807) is 0 Å². The molecule has 0 radical (unpaired) electrons. The first kappa shape index (κ1) is 10.8. The number of carbonyl (C=O) groups is 1. The summed E-state index contributed by atoms with van der Waals surface area (Å²) in [6, 6.07) is 10.2. The van der Waals surface area contributed by atoms with Crippen LogP contribution in [0.15, 0.2) is 30.3 Å². The van der Waals surface area contributed by atoms with Crippen molar-refractivity contribution in [2.24, 2.45) is 5.92 Å². The largest absolute Gasteiger partial charge is 0.469 e. The summed E-state index contributed by atoms with van der Waals surface area (Å²) >= 11 is 0. The molecule has 1 aromatic carbocycles. The molecule has 0 unspecified atom stereocenters. The fourth-order valence-electron chi connectivity index (χ4n) is 1.46. The number of methoxy groups -OCH3 is 1. The number of carbonyl (C=O) groups excluding carboxylic acids is 1. The van der Waals surface area contributed by atoms with E-state index < -0.39 is 0 Å². The highest BCUT2D eigenvalue weighted by molar-refractivity contribution is 5.69. The minimum absolute atomic E-state index is 0.131. The number of benzene rings is 1. The summed E-state index contributed by atoms with van der Waals surface area (Å²) in [5.41, 5.74) is 1.27. The third-order valence-corrected chi connectivity index (χ3v) is 2.17. The lowest BCUT2D eigenvalue weighted by Gasteiger charge is -2.09. The molecule has 0 fully saturated rings. The topological polar surface area (TPSA) is 26.3 Å². The monoisotopic (exact) mass is 192 g/mol. The molecule has 0 amide bonds. The lowest BCUT2D eigenvalue weighted by atomic mass is 9.98. The van der Waals surface area contributed by atoms with E-state index in [1.165, 1.54) is 12.7 Å². The van der Waals surface area contributed by atoms with Gasteiger partial charge >= 0.3 is 5.97 Å². The van der Waals surface area contributed by atoms with Crippen LogP contribution in [0.4, 0.5) is 0 Å². The molecule has 1 aromatic rings. The Balaban J connectivity index is 2.41. The van der Waals surface area contributed by atoms with Gasteiger partial charge in [0.1, 0.15) is 0 Å². The Morgan fingerprint density at radius 2 is 2.00 bits per heavy atom. The van der Waals surface area contributed by atoms with Crippen LogP contribution < -0.4 is 0 Å². The first-order valence-electron chi connectivity index (χ1n) is 4.83. The summed E-state index contributed by atoms with van der Waals surface area (Å²) in [5.74, 6) is 0.207. The van der Waals surface area contributed by atoms with Gasteiger partial charge in [0.15, 0.2) is 0 Å². The van der Waals surface area contributed by atoms with Crippen LogP contribution >= 0.6 is 0 Å². The third-order valence-electron chi connectivity index (χ3n) is 2.17. The van der Waals surface area contributed by atoms with Gasteiger partial charge < -0.3 is 4.74 Å². The van der Waals surface area contributed by atoms with Gasteiger partial charge in [0, 0.05) is 6.42 Å². The minimum Gasteiger partial charge on any atom is -0.469 e. The van der Waals surface area contributed by atoms with Gasteiger partial charge in [0.25, 0.3) is 0 Å². The number of esters is 1. The summed E-state index contributed by atoms with van der Waals surface area (Å²) in [4.78, 5) is 11.0. The summed E-state index contributed by atoms with van der Waals surface area (Å²) in [6.07, 6.45) is 1.42. The van der Waals surface area contributed by atoms with Crippen molar-refractivity contribution >= 4 is 5.97 Å². The predicted molar refractivity (Wildman–Crippen MR) is 55.9 cm³/mol.